The minimum absolute atomic E-state index is 0.0735. The Kier molecular flexibility index (Phi) is 7.41. The largest absolute Gasteiger partial charge is 0.336 e. The van der Waals surface area contributed by atoms with Crippen molar-refractivity contribution in [3.8, 4) is 18.2 Å². The quantitative estimate of drug-likeness (QED) is 0.264. The van der Waals surface area contributed by atoms with Gasteiger partial charge < -0.3 is 9.47 Å². The summed E-state index contributed by atoms with van der Waals surface area (Å²) in [6.07, 6.45) is 33.3. The molecule has 6 aliphatic rings. The van der Waals surface area contributed by atoms with Crippen LogP contribution in [0.2, 0.25) is 0 Å². The molecule has 6 atom stereocenters. The highest BCUT2D eigenvalue weighted by atomic mass is 15.2. The molecule has 50 heavy (non-hydrogen) atoms. The van der Waals surface area contributed by atoms with Gasteiger partial charge in [-0.2, -0.15) is 15.8 Å². The van der Waals surface area contributed by atoms with Crippen molar-refractivity contribution in [2.75, 3.05) is 4.90 Å². The summed E-state index contributed by atoms with van der Waals surface area (Å²) in [6, 6.07) is 21.6. The molecule has 5 aliphatic carbocycles. The molecule has 5 heteroatoms. The smallest absolute Gasteiger partial charge is 0.0991 e. The van der Waals surface area contributed by atoms with Crippen LogP contribution in [-0.4, -0.2) is 10.6 Å². The molecule has 5 nitrogen and oxygen atoms in total. The molecule has 0 spiro atoms. The van der Waals surface area contributed by atoms with E-state index in [1.54, 1.807) is 0 Å². The zero-order chi connectivity index (χ0) is 33.8. The molecule has 2 heterocycles. The van der Waals surface area contributed by atoms with E-state index in [9.17, 15) is 15.8 Å². The second-order valence-corrected chi connectivity index (χ2v) is 14.3. The average Bonchev–Trinajstić information content (AvgIpc) is 3.70. The maximum Gasteiger partial charge on any atom is 0.0991 e. The highest BCUT2D eigenvalue weighted by Crippen LogP contribution is 2.50. The highest BCUT2D eigenvalue weighted by molar-refractivity contribution is 5.90. The van der Waals surface area contributed by atoms with Gasteiger partial charge in [-0.25, -0.2) is 0 Å². The lowest BCUT2D eigenvalue weighted by molar-refractivity contribution is 0.391. The predicted molar refractivity (Wildman–Crippen MR) is 198 cm³/mol. The number of fused-ring (bicyclic) bond motifs is 6. The summed E-state index contributed by atoms with van der Waals surface area (Å²) in [5, 5.41) is 30.5. The van der Waals surface area contributed by atoms with E-state index in [1.807, 2.05) is 18.2 Å². The molecular weight excluding hydrogens is 611 g/mol. The van der Waals surface area contributed by atoms with Gasteiger partial charge in [-0.05, 0) is 109 Å². The second kappa shape index (κ2) is 12.2. The van der Waals surface area contributed by atoms with Crippen LogP contribution < -0.4 is 4.90 Å². The summed E-state index contributed by atoms with van der Waals surface area (Å²) in [7, 11) is 0. The van der Waals surface area contributed by atoms with Crippen LogP contribution >= 0.6 is 0 Å². The summed E-state index contributed by atoms with van der Waals surface area (Å²) < 4.78 is 2.40. The molecule has 6 unspecified atom stereocenters. The standard InChI is InChI=1S/C45H37N5/c46-26-29-15-19-35(20-16-29)49-42-14-4-2-10-37(42)38-12-6-11-36(45(38)49)33-9-5-8-31(24-33)32-18-22-44-40(25-32)39-23-30(27-47)17-21-43(39)50(44)41-13-3-1-7-34(41)28-48/h1-5,8,10,12,14-24,32-34,37,41-42H,6-7,9,11,13,25H2. The van der Waals surface area contributed by atoms with Crippen molar-refractivity contribution in [2.45, 2.75) is 50.6 Å². The minimum atomic E-state index is -0.0792. The molecule has 0 amide bonds. The first-order chi connectivity index (χ1) is 24.7. The van der Waals surface area contributed by atoms with E-state index in [1.165, 1.54) is 33.7 Å². The van der Waals surface area contributed by atoms with Crippen molar-refractivity contribution in [3.63, 3.8) is 0 Å². The van der Waals surface area contributed by atoms with Crippen LogP contribution in [0.3, 0.4) is 0 Å². The summed E-state index contributed by atoms with van der Waals surface area (Å²) >= 11 is 0. The molecule has 3 aromatic rings. The first-order valence-corrected chi connectivity index (χ1v) is 17.9. The van der Waals surface area contributed by atoms with Crippen molar-refractivity contribution in [1.82, 2.24) is 4.57 Å². The molecular formula is C45H37N5. The monoisotopic (exact) mass is 647 g/mol. The van der Waals surface area contributed by atoms with Crippen LogP contribution in [0.5, 0.6) is 0 Å². The van der Waals surface area contributed by atoms with E-state index >= 15 is 0 Å². The third-order valence-electron chi connectivity index (χ3n) is 11.7. The zero-order valence-electron chi connectivity index (χ0n) is 27.9. The van der Waals surface area contributed by atoms with Crippen LogP contribution in [0.15, 0.2) is 132 Å². The molecule has 1 saturated heterocycles. The summed E-state index contributed by atoms with van der Waals surface area (Å²) in [5.74, 6) is 0.762. The fourth-order valence-corrected chi connectivity index (χ4v) is 9.38. The van der Waals surface area contributed by atoms with E-state index in [4.69, 9.17) is 0 Å². The zero-order valence-corrected chi connectivity index (χ0v) is 27.9. The molecule has 1 aromatic heterocycles. The molecule has 0 bridgehead atoms. The number of rotatable bonds is 4. The SMILES string of the molecule is N#Cc1ccc(N2C3=C(C4C=C(C5C=Cc6c(c7cc(C#N)ccc7n6C6CC=CCC6C#N)C5)C=CC4)CCC=C3C3C=CC=CC32)cc1. The summed E-state index contributed by atoms with van der Waals surface area (Å²) in [4.78, 5) is 2.53. The number of allylic oxidation sites excluding steroid dienone is 12. The minimum Gasteiger partial charge on any atom is -0.336 e. The molecule has 2 aromatic carbocycles. The summed E-state index contributed by atoms with van der Waals surface area (Å²) in [5.41, 5.74) is 11.7. The Balaban J connectivity index is 1.10. The Labute approximate surface area is 293 Å². The highest BCUT2D eigenvalue weighted by Gasteiger charge is 2.43. The Morgan fingerprint density at radius 1 is 0.780 bits per heavy atom. The lowest BCUT2D eigenvalue weighted by Crippen LogP contribution is -2.31. The van der Waals surface area contributed by atoms with E-state index in [0.29, 0.717) is 23.0 Å². The first kappa shape index (κ1) is 30.2. The summed E-state index contributed by atoms with van der Waals surface area (Å²) in [6.45, 7) is 0. The Hall–Kier alpha value is -5.83. The van der Waals surface area contributed by atoms with Gasteiger partial charge in [0.15, 0.2) is 0 Å². The maximum absolute atomic E-state index is 10.1. The third-order valence-corrected chi connectivity index (χ3v) is 11.7. The van der Waals surface area contributed by atoms with Crippen LogP contribution in [0.1, 0.15) is 60.5 Å². The van der Waals surface area contributed by atoms with E-state index < -0.39 is 0 Å². The molecule has 0 radical (unpaired) electrons. The van der Waals surface area contributed by atoms with Crippen molar-refractivity contribution in [1.29, 1.82) is 15.8 Å². The number of aromatic nitrogens is 1. The number of hydrogen-bond donors (Lipinski definition) is 0. The van der Waals surface area contributed by atoms with Crippen molar-refractivity contribution in [2.24, 2.45) is 23.7 Å². The van der Waals surface area contributed by atoms with Crippen molar-refractivity contribution >= 4 is 22.7 Å². The van der Waals surface area contributed by atoms with Gasteiger partial charge in [-0.15, -0.1) is 0 Å². The second-order valence-electron chi connectivity index (χ2n) is 14.3. The topological polar surface area (TPSA) is 79.5 Å². The molecule has 0 N–H and O–H groups in total. The van der Waals surface area contributed by atoms with Gasteiger partial charge in [0, 0.05) is 45.7 Å². The number of benzene rings is 2. The number of nitriles is 3. The number of hydrogen-bond acceptors (Lipinski definition) is 4. The van der Waals surface area contributed by atoms with Gasteiger partial charge in [0.2, 0.25) is 0 Å². The third kappa shape index (κ3) is 4.79. The average molecular weight is 648 g/mol. The fourth-order valence-electron chi connectivity index (χ4n) is 9.38. The van der Waals surface area contributed by atoms with Crippen LogP contribution in [-0.2, 0) is 6.42 Å². The van der Waals surface area contributed by atoms with Gasteiger partial charge >= 0.3 is 0 Å². The fraction of sp³-hybridized carbons (Fsp3) is 0.267. The molecule has 9 rings (SSSR count). The Morgan fingerprint density at radius 2 is 1.60 bits per heavy atom. The molecule has 1 fully saturated rings. The maximum atomic E-state index is 10.1. The van der Waals surface area contributed by atoms with Gasteiger partial charge in [0.1, 0.15) is 0 Å². The number of anilines is 1. The van der Waals surface area contributed by atoms with E-state index in [2.05, 4.69) is 125 Å². The predicted octanol–water partition coefficient (Wildman–Crippen LogP) is 9.71. The van der Waals surface area contributed by atoms with Gasteiger partial charge in [-0.3, -0.25) is 0 Å². The van der Waals surface area contributed by atoms with E-state index in [0.717, 1.165) is 55.1 Å². The van der Waals surface area contributed by atoms with Crippen molar-refractivity contribution in [3.05, 3.63) is 154 Å². The molecule has 0 saturated carbocycles. The Bertz CT molecular complexity index is 2290. The van der Waals surface area contributed by atoms with Gasteiger partial charge in [0.25, 0.3) is 0 Å². The Morgan fingerprint density at radius 3 is 2.44 bits per heavy atom. The van der Waals surface area contributed by atoms with Crippen molar-refractivity contribution < 1.29 is 0 Å². The lowest BCUT2D eigenvalue weighted by atomic mass is 9.77. The van der Waals surface area contributed by atoms with Crippen LogP contribution in [0, 0.1) is 57.7 Å². The normalized spacial score (nSPS) is 27.6. The van der Waals surface area contributed by atoms with Crippen LogP contribution in [0.4, 0.5) is 5.69 Å². The lowest BCUT2D eigenvalue weighted by Gasteiger charge is -2.33. The first-order valence-electron chi connectivity index (χ1n) is 17.9. The van der Waals surface area contributed by atoms with Gasteiger partial charge in [0.05, 0.1) is 47.3 Å². The van der Waals surface area contributed by atoms with Crippen LogP contribution in [0.25, 0.3) is 17.0 Å². The number of nitrogens with zero attached hydrogens (tertiary/aromatic N) is 5. The molecule has 242 valence electrons. The van der Waals surface area contributed by atoms with E-state index in [-0.39, 0.29) is 23.9 Å². The molecule has 1 aliphatic heterocycles. The van der Waals surface area contributed by atoms with Gasteiger partial charge in [-0.1, -0.05) is 66.8 Å².